The van der Waals surface area contributed by atoms with Crippen molar-refractivity contribution < 1.29 is 18.4 Å². The minimum atomic E-state index is -2.38. The summed E-state index contributed by atoms with van der Waals surface area (Å²) in [6.45, 7) is 7.83. The maximum Gasteiger partial charge on any atom is 0.148 e. The molecule has 37 heavy (non-hydrogen) atoms. The number of likely N-dealkylation sites (tertiary alicyclic amines) is 1. The van der Waals surface area contributed by atoms with Gasteiger partial charge in [-0.25, -0.2) is 14.2 Å². The van der Waals surface area contributed by atoms with Crippen LogP contribution >= 0.6 is 23.2 Å². The normalized spacial score (nSPS) is 20.3. The van der Waals surface area contributed by atoms with Gasteiger partial charge in [0.15, 0.2) is 0 Å². The van der Waals surface area contributed by atoms with E-state index in [0.717, 1.165) is 17.5 Å². The smallest absolute Gasteiger partial charge is 0.148 e. The van der Waals surface area contributed by atoms with Crippen molar-refractivity contribution in [3.63, 3.8) is 0 Å². The number of rotatable bonds is 8. The Kier molecular flexibility index (Phi) is 9.15. The molecule has 200 valence electrons. The molecule has 0 amide bonds. The minimum Gasteiger partial charge on any atom is -0.760 e. The molecule has 2 aliphatic heterocycles. The van der Waals surface area contributed by atoms with Crippen molar-refractivity contribution in [2.45, 2.75) is 51.3 Å². The fourth-order valence-corrected chi connectivity index (χ4v) is 5.92. The Morgan fingerprint density at radius 2 is 1.62 bits per heavy atom. The van der Waals surface area contributed by atoms with Gasteiger partial charge >= 0.3 is 0 Å². The van der Waals surface area contributed by atoms with Gasteiger partial charge in [0.05, 0.1) is 11.6 Å². The third kappa shape index (κ3) is 7.22. The summed E-state index contributed by atoms with van der Waals surface area (Å²) in [7, 11) is 0. The molecule has 2 aromatic rings. The predicted octanol–water partition coefficient (Wildman–Crippen LogP) is 5.02. The van der Waals surface area contributed by atoms with Gasteiger partial charge in [-0.2, -0.15) is 0 Å². The minimum absolute atomic E-state index is 0.0199. The van der Waals surface area contributed by atoms with Gasteiger partial charge in [0, 0.05) is 60.0 Å². The zero-order valence-electron chi connectivity index (χ0n) is 21.2. The van der Waals surface area contributed by atoms with Crippen LogP contribution in [-0.4, -0.2) is 66.8 Å². The molecule has 0 saturated carbocycles. The van der Waals surface area contributed by atoms with E-state index < -0.39 is 16.9 Å². The first-order valence-electron chi connectivity index (χ1n) is 12.4. The van der Waals surface area contributed by atoms with E-state index in [1.165, 1.54) is 4.31 Å². The average Bonchev–Trinajstić information content (AvgIpc) is 2.81. The van der Waals surface area contributed by atoms with Crippen LogP contribution in [0, 0.1) is 5.92 Å². The van der Waals surface area contributed by atoms with Crippen molar-refractivity contribution >= 4 is 40.4 Å². The van der Waals surface area contributed by atoms with Gasteiger partial charge in [-0.3, -0.25) is 13.9 Å². The van der Waals surface area contributed by atoms with Crippen LogP contribution in [0.15, 0.2) is 54.2 Å². The van der Waals surface area contributed by atoms with E-state index in [9.17, 15) is 13.6 Å². The number of hydroxylamine groups is 2. The van der Waals surface area contributed by atoms with Crippen molar-refractivity contribution in [3.8, 4) is 0 Å². The Morgan fingerprint density at radius 3 is 2.08 bits per heavy atom. The number of halogens is 2. The second-order valence-corrected chi connectivity index (χ2v) is 12.4. The van der Waals surface area contributed by atoms with E-state index in [1.807, 2.05) is 75.2 Å². The lowest BCUT2D eigenvalue weighted by molar-refractivity contribution is -0.215. The molecule has 10 heteroatoms. The molecule has 2 fully saturated rings. The van der Waals surface area contributed by atoms with Crippen LogP contribution in [0.3, 0.4) is 0 Å². The molecule has 4 rings (SSSR count). The van der Waals surface area contributed by atoms with Gasteiger partial charge < -0.3 is 4.55 Å². The van der Waals surface area contributed by atoms with Crippen molar-refractivity contribution in [2.24, 2.45) is 5.92 Å². The van der Waals surface area contributed by atoms with Crippen molar-refractivity contribution in [2.75, 3.05) is 26.2 Å². The zero-order chi connectivity index (χ0) is 26.7. The first-order valence-corrected chi connectivity index (χ1v) is 14.1. The molecule has 2 aromatic carbocycles. The Bertz CT molecular complexity index is 1100. The van der Waals surface area contributed by atoms with Crippen LogP contribution < -0.4 is 0 Å². The van der Waals surface area contributed by atoms with E-state index in [-0.39, 0.29) is 18.0 Å². The van der Waals surface area contributed by atoms with Crippen LogP contribution in [0.5, 0.6) is 0 Å². The summed E-state index contributed by atoms with van der Waals surface area (Å²) in [6, 6.07) is 15.3. The molecule has 2 aliphatic rings. The highest BCUT2D eigenvalue weighted by atomic mass is 35.5. The van der Waals surface area contributed by atoms with Crippen molar-refractivity contribution in [3.05, 3.63) is 75.4 Å². The van der Waals surface area contributed by atoms with E-state index >= 15 is 0 Å². The summed E-state index contributed by atoms with van der Waals surface area (Å²) in [5.74, 6) is 2.02. The number of allylic oxidation sites excluding steroid dienone is 1. The van der Waals surface area contributed by atoms with Gasteiger partial charge in [0.25, 0.3) is 0 Å². The van der Waals surface area contributed by atoms with E-state index in [1.54, 1.807) is 5.06 Å². The average molecular weight is 566 g/mol. The molecular formula is C27H32Cl2N3O4S-. The first-order chi connectivity index (χ1) is 17.5. The number of hydrogen-bond donors (Lipinski definition) is 0. The highest BCUT2D eigenvalue weighted by Gasteiger charge is 2.39. The fourth-order valence-electron chi connectivity index (χ4n) is 4.96. The van der Waals surface area contributed by atoms with E-state index in [4.69, 9.17) is 28.0 Å². The number of carbonyl (C=O) groups excluding carboxylic acids is 1. The molecule has 7 nitrogen and oxygen atoms in total. The molecule has 0 radical (unpaired) electrons. The van der Waals surface area contributed by atoms with E-state index in [2.05, 4.69) is 4.90 Å². The monoisotopic (exact) mass is 564 g/mol. The molecule has 2 unspecified atom stereocenters. The third-order valence-corrected chi connectivity index (χ3v) is 8.02. The van der Waals surface area contributed by atoms with Crippen LogP contribution in [0.1, 0.15) is 50.8 Å². The van der Waals surface area contributed by atoms with Gasteiger partial charge in [0.1, 0.15) is 11.6 Å². The Balaban J connectivity index is 1.44. The zero-order valence-corrected chi connectivity index (χ0v) is 23.6. The Morgan fingerprint density at radius 1 is 1.08 bits per heavy atom. The lowest BCUT2D eigenvalue weighted by Gasteiger charge is -2.50. The highest BCUT2D eigenvalue weighted by molar-refractivity contribution is 7.76. The summed E-state index contributed by atoms with van der Waals surface area (Å²) in [4.78, 5) is 19.7. The van der Waals surface area contributed by atoms with Crippen molar-refractivity contribution in [1.82, 2.24) is 14.3 Å². The van der Waals surface area contributed by atoms with Crippen LogP contribution in [0.25, 0.3) is 0 Å². The van der Waals surface area contributed by atoms with Crippen LogP contribution in [-0.2, 0) is 20.9 Å². The third-order valence-electron chi connectivity index (χ3n) is 6.69. The predicted molar refractivity (Wildman–Crippen MR) is 145 cm³/mol. The Hall–Kier alpha value is -1.74. The van der Waals surface area contributed by atoms with Gasteiger partial charge in [-0.15, -0.1) is 0 Å². The van der Waals surface area contributed by atoms with Crippen LogP contribution in [0.4, 0.5) is 0 Å². The summed E-state index contributed by atoms with van der Waals surface area (Å²) in [5.41, 5.74) is 2.15. The molecule has 0 N–H and O–H groups in total. The van der Waals surface area contributed by atoms with Gasteiger partial charge in [0.2, 0.25) is 0 Å². The lowest BCUT2D eigenvalue weighted by atomic mass is 9.92. The molecule has 0 bridgehead atoms. The molecular weight excluding hydrogens is 533 g/mol. The Labute approximate surface area is 231 Å². The number of hydrogen-bond acceptors (Lipinski definition) is 6. The SMILES string of the molecule is CC(C)(C)ON1CCC(CN(C2CN(C(c3ccc(Cl)cc3)c3ccc(Cl)cc3)C2)S(=O)[O-])CC1=C=O. The molecule has 2 atom stereocenters. The largest absolute Gasteiger partial charge is 0.760 e. The molecule has 2 heterocycles. The maximum absolute atomic E-state index is 12.3. The first kappa shape index (κ1) is 28.3. The fraction of sp³-hybridized carbons (Fsp3) is 0.481. The number of benzene rings is 2. The number of nitrogens with zero attached hydrogens (tertiary/aromatic N) is 3. The quantitative estimate of drug-likeness (QED) is 0.331. The summed E-state index contributed by atoms with van der Waals surface area (Å²) < 4.78 is 26.1. The summed E-state index contributed by atoms with van der Waals surface area (Å²) in [5, 5.41) is 2.93. The topological polar surface area (TPSA) is 76.2 Å². The highest BCUT2D eigenvalue weighted by Crippen LogP contribution is 2.36. The maximum atomic E-state index is 12.3. The van der Waals surface area contributed by atoms with E-state index in [0.29, 0.717) is 48.3 Å². The van der Waals surface area contributed by atoms with Gasteiger partial charge in [-0.1, -0.05) is 47.5 Å². The summed E-state index contributed by atoms with van der Waals surface area (Å²) >= 11 is 9.87. The molecule has 0 spiro atoms. The lowest BCUT2D eigenvalue weighted by Crippen LogP contribution is -2.61. The summed E-state index contributed by atoms with van der Waals surface area (Å²) in [6.07, 6.45) is 1.16. The second kappa shape index (κ2) is 12.0. The standard InChI is InChI=1S/C27H33Cl2N3O4S/c1-27(2,3)36-31-13-12-19(14-24(31)18-33)15-32(37(34)35)25-16-30(17-25)26(20-4-8-22(28)9-5-20)21-6-10-23(29)11-7-21/h4-11,19,25-26H,12-17H2,1-3H3,(H,34,35)/p-1. The molecule has 0 aliphatic carbocycles. The molecule has 0 aromatic heterocycles. The van der Waals surface area contributed by atoms with Crippen molar-refractivity contribution in [1.29, 1.82) is 0 Å². The van der Waals surface area contributed by atoms with Gasteiger partial charge in [-0.05, 0) is 68.5 Å². The van der Waals surface area contributed by atoms with Crippen LogP contribution in [0.2, 0.25) is 10.0 Å². The molecule has 2 saturated heterocycles. The second-order valence-electron chi connectivity index (χ2n) is 10.6. The number of piperidine rings is 1.